The zero-order valence-corrected chi connectivity index (χ0v) is 15.3. The highest BCUT2D eigenvalue weighted by Crippen LogP contribution is 2.29. The number of fused-ring (bicyclic) bond motifs is 1. The van der Waals surface area contributed by atoms with Crippen LogP contribution in [-0.2, 0) is 22.9 Å². The van der Waals surface area contributed by atoms with Crippen LogP contribution in [0.2, 0.25) is 0 Å². The first kappa shape index (κ1) is 17.5. The molecule has 1 N–H and O–H groups in total. The highest BCUT2D eigenvalue weighted by Gasteiger charge is 2.46. The second-order valence-corrected chi connectivity index (χ2v) is 9.34. The number of piperazine rings is 1. The van der Waals surface area contributed by atoms with E-state index >= 15 is 0 Å². The smallest absolute Gasteiger partial charge is 0.153 e. The third kappa shape index (κ3) is 3.75. The summed E-state index contributed by atoms with van der Waals surface area (Å²) in [7, 11) is -3.04. The third-order valence-electron chi connectivity index (χ3n) is 5.31. The van der Waals surface area contributed by atoms with Gasteiger partial charge >= 0.3 is 0 Å². The van der Waals surface area contributed by atoms with Crippen molar-refractivity contribution in [2.45, 2.75) is 25.2 Å². The molecule has 0 radical (unpaired) electrons. The van der Waals surface area contributed by atoms with E-state index in [0.29, 0.717) is 6.54 Å². The van der Waals surface area contributed by atoms with Gasteiger partial charge in [-0.1, -0.05) is 18.2 Å². The van der Waals surface area contributed by atoms with Crippen LogP contribution in [0.3, 0.4) is 0 Å². The Morgan fingerprint density at radius 3 is 2.27 bits per heavy atom. The van der Waals surface area contributed by atoms with E-state index in [1.807, 2.05) is 30.5 Å². The summed E-state index contributed by atoms with van der Waals surface area (Å²) in [6, 6.07) is 11.1. The maximum absolute atomic E-state index is 12.3. The Hall–Kier alpha value is -1.96. The van der Waals surface area contributed by atoms with Crippen LogP contribution < -0.4 is 0 Å². The molecule has 2 fully saturated rings. The molecule has 2 atom stereocenters. The number of nitrogens with zero attached hydrogens (tertiary/aromatic N) is 3. The fourth-order valence-electron chi connectivity index (χ4n) is 4.10. The Kier molecular flexibility index (Phi) is 4.69. The van der Waals surface area contributed by atoms with Gasteiger partial charge < -0.3 is 5.11 Å². The minimum atomic E-state index is -3.04. The van der Waals surface area contributed by atoms with E-state index in [1.54, 1.807) is 18.3 Å². The van der Waals surface area contributed by atoms with Crippen LogP contribution in [0.1, 0.15) is 11.1 Å². The molecule has 6 nitrogen and oxygen atoms in total. The standard InChI is InChI=1S/C19H23N3O3S/c23-17-5-1-3-15(9-17)11-21-7-8-22(12-16-4-2-6-20-10-16)19-14-26(24,25)13-18(19)21/h1-6,9-10,18-19,23H,7-8,11-14H2/t18-,19+/m0/s1. The number of aromatic nitrogens is 1. The molecule has 2 aliphatic rings. The van der Waals surface area contributed by atoms with Crippen molar-refractivity contribution < 1.29 is 13.5 Å². The van der Waals surface area contributed by atoms with Gasteiger partial charge in [0.1, 0.15) is 5.75 Å². The van der Waals surface area contributed by atoms with Crippen molar-refractivity contribution in [3.05, 3.63) is 59.9 Å². The van der Waals surface area contributed by atoms with Crippen LogP contribution in [0.5, 0.6) is 5.75 Å². The second kappa shape index (κ2) is 6.98. The van der Waals surface area contributed by atoms with E-state index in [9.17, 15) is 13.5 Å². The molecule has 0 bridgehead atoms. The molecular formula is C19H23N3O3S. The fourth-order valence-corrected chi connectivity index (χ4v) is 6.15. The monoisotopic (exact) mass is 373 g/mol. The molecule has 0 spiro atoms. The maximum Gasteiger partial charge on any atom is 0.153 e. The average Bonchev–Trinajstić information content (AvgIpc) is 2.94. The predicted octanol–water partition coefficient (Wildman–Crippen LogP) is 1.27. The van der Waals surface area contributed by atoms with Crippen LogP contribution in [0.4, 0.5) is 0 Å². The van der Waals surface area contributed by atoms with Crippen LogP contribution in [0.25, 0.3) is 0 Å². The van der Waals surface area contributed by atoms with Crippen molar-refractivity contribution in [3.8, 4) is 5.75 Å². The number of hydrogen-bond donors (Lipinski definition) is 1. The summed E-state index contributed by atoms with van der Waals surface area (Å²) in [5.41, 5.74) is 2.12. The van der Waals surface area contributed by atoms with Crippen molar-refractivity contribution in [1.82, 2.24) is 14.8 Å². The van der Waals surface area contributed by atoms with Crippen molar-refractivity contribution in [3.63, 3.8) is 0 Å². The summed E-state index contributed by atoms with van der Waals surface area (Å²) in [6.07, 6.45) is 3.59. The molecule has 138 valence electrons. The van der Waals surface area contributed by atoms with Crippen LogP contribution >= 0.6 is 0 Å². The van der Waals surface area contributed by atoms with E-state index in [2.05, 4.69) is 14.8 Å². The molecule has 0 unspecified atom stereocenters. The molecule has 0 saturated carbocycles. The van der Waals surface area contributed by atoms with Gasteiger partial charge in [-0.15, -0.1) is 0 Å². The molecule has 7 heteroatoms. The highest BCUT2D eigenvalue weighted by atomic mass is 32.2. The lowest BCUT2D eigenvalue weighted by Gasteiger charge is -2.44. The maximum atomic E-state index is 12.3. The van der Waals surface area contributed by atoms with Crippen molar-refractivity contribution in [2.75, 3.05) is 24.6 Å². The summed E-state index contributed by atoms with van der Waals surface area (Å²) in [4.78, 5) is 8.70. The molecule has 2 saturated heterocycles. The molecule has 0 amide bonds. The zero-order valence-electron chi connectivity index (χ0n) is 14.5. The van der Waals surface area contributed by atoms with Gasteiger partial charge in [0.05, 0.1) is 11.5 Å². The topological polar surface area (TPSA) is 73.7 Å². The van der Waals surface area contributed by atoms with Gasteiger partial charge in [-0.25, -0.2) is 8.42 Å². The molecule has 26 heavy (non-hydrogen) atoms. The van der Waals surface area contributed by atoms with Crippen molar-refractivity contribution in [1.29, 1.82) is 0 Å². The van der Waals surface area contributed by atoms with Gasteiger partial charge in [-0.3, -0.25) is 14.8 Å². The number of hydrogen-bond acceptors (Lipinski definition) is 6. The summed E-state index contributed by atoms with van der Waals surface area (Å²) in [5, 5.41) is 9.69. The van der Waals surface area contributed by atoms with Crippen LogP contribution in [-0.4, -0.2) is 65.0 Å². The zero-order chi connectivity index (χ0) is 18.1. The van der Waals surface area contributed by atoms with Crippen molar-refractivity contribution in [2.24, 2.45) is 0 Å². The van der Waals surface area contributed by atoms with Crippen LogP contribution in [0.15, 0.2) is 48.8 Å². The van der Waals surface area contributed by atoms with Crippen LogP contribution in [0, 0.1) is 0 Å². The van der Waals surface area contributed by atoms with Gasteiger partial charge in [0.15, 0.2) is 9.84 Å². The third-order valence-corrected chi connectivity index (χ3v) is 7.01. The van der Waals surface area contributed by atoms with Gasteiger partial charge in [0.2, 0.25) is 0 Å². The molecule has 1 aromatic heterocycles. The summed E-state index contributed by atoms with van der Waals surface area (Å²) >= 11 is 0. The Bertz CT molecular complexity index is 873. The number of phenolic OH excluding ortho intramolecular Hbond substituents is 1. The predicted molar refractivity (Wildman–Crippen MR) is 99.4 cm³/mol. The first-order valence-electron chi connectivity index (χ1n) is 8.85. The largest absolute Gasteiger partial charge is 0.508 e. The van der Waals surface area contributed by atoms with E-state index in [0.717, 1.165) is 30.8 Å². The van der Waals surface area contributed by atoms with Crippen molar-refractivity contribution >= 4 is 9.84 Å². The number of sulfone groups is 1. The first-order chi connectivity index (χ1) is 12.5. The van der Waals surface area contributed by atoms with E-state index < -0.39 is 9.84 Å². The van der Waals surface area contributed by atoms with Gasteiger partial charge in [-0.2, -0.15) is 0 Å². The lowest BCUT2D eigenvalue weighted by atomic mass is 10.0. The molecular weight excluding hydrogens is 350 g/mol. The lowest BCUT2D eigenvalue weighted by Crippen LogP contribution is -2.58. The minimum absolute atomic E-state index is 0.00580. The number of rotatable bonds is 4. The summed E-state index contributed by atoms with van der Waals surface area (Å²) < 4.78 is 24.7. The Labute approximate surface area is 154 Å². The second-order valence-electron chi connectivity index (χ2n) is 7.18. The molecule has 2 aliphatic heterocycles. The quantitative estimate of drug-likeness (QED) is 0.870. The SMILES string of the molecule is O=S1(=O)C[C@@H]2[C@H](C1)N(Cc1cccc(O)c1)CCN2Cc1cccnc1. The highest BCUT2D eigenvalue weighted by molar-refractivity contribution is 7.91. The number of aromatic hydroxyl groups is 1. The number of phenols is 1. The fraction of sp³-hybridized carbons (Fsp3) is 0.421. The molecule has 4 rings (SSSR count). The molecule has 3 heterocycles. The lowest BCUT2D eigenvalue weighted by molar-refractivity contribution is 0.0354. The van der Waals surface area contributed by atoms with Gasteiger partial charge in [0, 0.05) is 50.7 Å². The minimum Gasteiger partial charge on any atom is -0.508 e. The van der Waals surface area contributed by atoms with E-state index in [-0.39, 0.29) is 29.3 Å². The summed E-state index contributed by atoms with van der Waals surface area (Å²) in [5.74, 6) is 0.669. The molecule has 2 aromatic rings. The first-order valence-corrected chi connectivity index (χ1v) is 10.7. The Morgan fingerprint density at radius 2 is 1.65 bits per heavy atom. The number of benzene rings is 1. The summed E-state index contributed by atoms with van der Waals surface area (Å²) in [6.45, 7) is 3.02. The molecule has 1 aromatic carbocycles. The van der Waals surface area contributed by atoms with E-state index in [4.69, 9.17) is 0 Å². The normalized spacial score (nSPS) is 25.8. The number of pyridine rings is 1. The Balaban J connectivity index is 1.54. The molecule has 0 aliphatic carbocycles. The van der Waals surface area contributed by atoms with Gasteiger partial charge in [-0.05, 0) is 29.3 Å². The average molecular weight is 373 g/mol. The van der Waals surface area contributed by atoms with E-state index in [1.165, 1.54) is 0 Å². The van der Waals surface area contributed by atoms with Gasteiger partial charge in [0.25, 0.3) is 0 Å². The Morgan fingerprint density at radius 1 is 1.00 bits per heavy atom.